The molecule has 1 aliphatic rings. The number of nitrogens with one attached hydrogen (secondary N) is 1. The first-order chi connectivity index (χ1) is 16.1. The zero-order valence-electron chi connectivity index (χ0n) is 18.4. The number of aryl methyl sites for hydroxylation is 1. The van der Waals surface area contributed by atoms with Crippen LogP contribution in [0.5, 0.6) is 0 Å². The van der Waals surface area contributed by atoms with Gasteiger partial charge in [-0.25, -0.2) is 37.5 Å². The van der Waals surface area contributed by atoms with Gasteiger partial charge in [-0.2, -0.15) is 5.10 Å². The van der Waals surface area contributed by atoms with Crippen molar-refractivity contribution in [1.29, 1.82) is 0 Å². The van der Waals surface area contributed by atoms with Crippen molar-refractivity contribution in [2.75, 3.05) is 18.4 Å². The zero-order valence-corrected chi connectivity index (χ0v) is 18.4. The standard InChI is InChI=1S/C21H22F4N8O/c1-12-6-21(24,25)11-33(15(12)9-30-20-28-7-13(8-29-20)17(22)23)19(34)16-14(10-32(2)31-16)18-26-4-3-5-27-18/h3-5,7-8,10,12,15,17H,6,9,11H2,1-2H3,(H,28,29,30)/t12?,15-/m1/s1. The molecule has 4 rings (SSSR count). The highest BCUT2D eigenvalue weighted by Crippen LogP contribution is 2.36. The van der Waals surface area contributed by atoms with E-state index in [2.05, 4.69) is 30.4 Å². The first kappa shape index (κ1) is 23.5. The van der Waals surface area contributed by atoms with Gasteiger partial charge in [-0.3, -0.25) is 9.48 Å². The molecule has 4 heterocycles. The van der Waals surface area contributed by atoms with Gasteiger partial charge in [0.15, 0.2) is 11.5 Å². The molecule has 1 aliphatic heterocycles. The fourth-order valence-corrected chi connectivity index (χ4v) is 4.00. The van der Waals surface area contributed by atoms with Gasteiger partial charge in [-0.15, -0.1) is 0 Å². The highest BCUT2D eigenvalue weighted by molar-refractivity contribution is 5.98. The van der Waals surface area contributed by atoms with Gasteiger partial charge < -0.3 is 10.2 Å². The molecule has 0 aliphatic carbocycles. The van der Waals surface area contributed by atoms with Gasteiger partial charge in [0, 0.05) is 51.0 Å². The van der Waals surface area contributed by atoms with Gasteiger partial charge in [0.1, 0.15) is 0 Å². The van der Waals surface area contributed by atoms with E-state index < -0.39 is 43.2 Å². The lowest BCUT2D eigenvalue weighted by atomic mass is 9.88. The molecule has 0 spiro atoms. The molecule has 1 fully saturated rings. The summed E-state index contributed by atoms with van der Waals surface area (Å²) in [7, 11) is 1.61. The Labute approximate surface area is 192 Å². The Balaban J connectivity index is 1.60. The van der Waals surface area contributed by atoms with Gasteiger partial charge in [-0.1, -0.05) is 6.92 Å². The van der Waals surface area contributed by atoms with Crippen LogP contribution in [0, 0.1) is 5.92 Å². The van der Waals surface area contributed by atoms with Crippen molar-refractivity contribution in [1.82, 2.24) is 34.6 Å². The SMILES string of the molecule is CC1CC(F)(F)CN(C(=O)c2nn(C)cc2-c2ncccn2)[C@@H]1CNc1ncc(C(F)F)cn1. The fraction of sp³-hybridized carbons (Fsp3) is 0.429. The molecule has 0 bridgehead atoms. The monoisotopic (exact) mass is 478 g/mol. The maximum absolute atomic E-state index is 14.5. The molecule has 1 saturated heterocycles. The third-order valence-corrected chi connectivity index (χ3v) is 5.57. The van der Waals surface area contributed by atoms with Crippen LogP contribution >= 0.6 is 0 Å². The lowest BCUT2D eigenvalue weighted by Gasteiger charge is -2.43. The molecule has 34 heavy (non-hydrogen) atoms. The Morgan fingerprint density at radius 2 is 1.88 bits per heavy atom. The average molecular weight is 478 g/mol. The van der Waals surface area contributed by atoms with Crippen molar-refractivity contribution < 1.29 is 22.4 Å². The van der Waals surface area contributed by atoms with E-state index in [0.717, 1.165) is 17.3 Å². The Morgan fingerprint density at radius 1 is 1.21 bits per heavy atom. The van der Waals surface area contributed by atoms with Gasteiger partial charge in [0.2, 0.25) is 5.95 Å². The van der Waals surface area contributed by atoms with Gasteiger partial charge in [-0.05, 0) is 12.0 Å². The van der Waals surface area contributed by atoms with E-state index >= 15 is 0 Å². The maximum atomic E-state index is 14.5. The van der Waals surface area contributed by atoms with E-state index in [4.69, 9.17) is 0 Å². The number of carbonyl (C=O) groups excluding carboxylic acids is 1. The summed E-state index contributed by atoms with van der Waals surface area (Å²) < 4.78 is 55.9. The van der Waals surface area contributed by atoms with Crippen molar-refractivity contribution in [3.8, 4) is 11.4 Å². The Bertz CT molecular complexity index is 1140. The average Bonchev–Trinajstić information content (AvgIpc) is 3.19. The van der Waals surface area contributed by atoms with Crippen molar-refractivity contribution >= 4 is 11.9 Å². The van der Waals surface area contributed by atoms with Crippen LogP contribution in [-0.4, -0.2) is 65.6 Å². The summed E-state index contributed by atoms with van der Waals surface area (Å²) in [5.41, 5.74) is -0.0488. The predicted octanol–water partition coefficient (Wildman–Crippen LogP) is 3.20. The van der Waals surface area contributed by atoms with Crippen LogP contribution in [0.1, 0.15) is 35.8 Å². The fourth-order valence-electron chi connectivity index (χ4n) is 4.00. The largest absolute Gasteiger partial charge is 0.352 e. The van der Waals surface area contributed by atoms with E-state index in [1.54, 1.807) is 26.2 Å². The molecule has 180 valence electrons. The zero-order chi connectivity index (χ0) is 24.5. The summed E-state index contributed by atoms with van der Waals surface area (Å²) in [6.07, 6.45) is 3.43. The molecule has 9 nitrogen and oxygen atoms in total. The smallest absolute Gasteiger partial charge is 0.275 e. The minimum atomic E-state index is -3.08. The minimum Gasteiger partial charge on any atom is -0.352 e. The topological polar surface area (TPSA) is 102 Å². The normalized spacial score (nSPS) is 19.9. The summed E-state index contributed by atoms with van der Waals surface area (Å²) in [4.78, 5) is 30.5. The van der Waals surface area contributed by atoms with E-state index in [9.17, 15) is 22.4 Å². The number of piperidine rings is 1. The number of alkyl halides is 4. The van der Waals surface area contributed by atoms with Crippen LogP contribution < -0.4 is 5.32 Å². The second-order valence-corrected chi connectivity index (χ2v) is 8.20. The number of rotatable bonds is 6. The highest BCUT2D eigenvalue weighted by Gasteiger charge is 2.47. The molecular weight excluding hydrogens is 456 g/mol. The molecule has 3 aromatic rings. The van der Waals surface area contributed by atoms with Crippen LogP contribution in [-0.2, 0) is 7.05 Å². The summed E-state index contributed by atoms with van der Waals surface area (Å²) in [6, 6.07) is 0.961. The third kappa shape index (κ3) is 4.97. The Kier molecular flexibility index (Phi) is 6.44. The number of carbonyl (C=O) groups is 1. The van der Waals surface area contributed by atoms with E-state index in [-0.39, 0.29) is 29.6 Å². The first-order valence-electron chi connectivity index (χ1n) is 10.5. The van der Waals surface area contributed by atoms with Crippen LogP contribution in [0.4, 0.5) is 23.5 Å². The number of anilines is 1. The summed E-state index contributed by atoms with van der Waals surface area (Å²) in [5, 5.41) is 7.07. The van der Waals surface area contributed by atoms with Crippen molar-refractivity contribution in [3.05, 3.63) is 48.3 Å². The quantitative estimate of drug-likeness (QED) is 0.543. The van der Waals surface area contributed by atoms with E-state index in [0.29, 0.717) is 5.56 Å². The molecule has 3 aromatic heterocycles. The second-order valence-electron chi connectivity index (χ2n) is 8.20. The lowest BCUT2D eigenvalue weighted by molar-refractivity contribution is -0.0898. The number of nitrogens with zero attached hydrogens (tertiary/aromatic N) is 7. The Hall–Kier alpha value is -3.64. The summed E-state index contributed by atoms with van der Waals surface area (Å²) in [6.45, 7) is 0.875. The number of likely N-dealkylation sites (tertiary alicyclic amines) is 1. The molecule has 0 radical (unpaired) electrons. The number of hydrogen-bond acceptors (Lipinski definition) is 7. The van der Waals surface area contributed by atoms with Crippen molar-refractivity contribution in [2.45, 2.75) is 31.7 Å². The first-order valence-corrected chi connectivity index (χ1v) is 10.5. The van der Waals surface area contributed by atoms with Crippen LogP contribution in [0.3, 0.4) is 0 Å². The molecule has 0 saturated carbocycles. The molecule has 1 amide bonds. The highest BCUT2D eigenvalue weighted by atomic mass is 19.3. The summed E-state index contributed by atoms with van der Waals surface area (Å²) >= 11 is 0. The molecule has 1 N–H and O–H groups in total. The Morgan fingerprint density at radius 3 is 2.53 bits per heavy atom. The number of hydrogen-bond donors (Lipinski definition) is 1. The molecule has 0 aromatic carbocycles. The third-order valence-electron chi connectivity index (χ3n) is 5.57. The number of halogens is 4. The second kappa shape index (κ2) is 9.31. The molecule has 2 atom stereocenters. The van der Waals surface area contributed by atoms with Crippen molar-refractivity contribution in [3.63, 3.8) is 0 Å². The van der Waals surface area contributed by atoms with Gasteiger partial charge >= 0.3 is 0 Å². The van der Waals surface area contributed by atoms with E-state index in [1.807, 2.05) is 0 Å². The lowest BCUT2D eigenvalue weighted by Crippen LogP contribution is -2.57. The predicted molar refractivity (Wildman–Crippen MR) is 113 cm³/mol. The number of amides is 1. The minimum absolute atomic E-state index is 0.0406. The van der Waals surface area contributed by atoms with Gasteiger partial charge in [0.25, 0.3) is 18.3 Å². The molecular formula is C21H22F4N8O. The van der Waals surface area contributed by atoms with E-state index in [1.165, 1.54) is 17.1 Å². The van der Waals surface area contributed by atoms with Crippen molar-refractivity contribution in [2.24, 2.45) is 13.0 Å². The van der Waals surface area contributed by atoms with Gasteiger partial charge in [0.05, 0.1) is 23.7 Å². The van der Waals surface area contributed by atoms with Crippen LogP contribution in [0.2, 0.25) is 0 Å². The van der Waals surface area contributed by atoms with Crippen LogP contribution in [0.25, 0.3) is 11.4 Å². The summed E-state index contributed by atoms with van der Waals surface area (Å²) in [5.74, 6) is -4.05. The van der Waals surface area contributed by atoms with Crippen LogP contribution in [0.15, 0.2) is 37.1 Å². The number of aromatic nitrogens is 6. The molecule has 1 unspecified atom stereocenters. The molecule has 13 heteroatoms. The maximum Gasteiger partial charge on any atom is 0.275 e.